The number of benzene rings is 2. The molecule has 1 N–H and O–H groups in total. The van der Waals surface area contributed by atoms with E-state index in [1.807, 2.05) is 0 Å². The number of carbonyl (C=O) groups excluding carboxylic acids is 2. The molecule has 0 unspecified atom stereocenters. The monoisotopic (exact) mass is 362 g/mol. The van der Waals surface area contributed by atoms with E-state index < -0.39 is 35.0 Å². The van der Waals surface area contributed by atoms with Crippen LogP contribution in [0.1, 0.15) is 5.56 Å². The Kier molecular flexibility index (Phi) is 6.10. The van der Waals surface area contributed by atoms with E-state index in [9.17, 15) is 28.5 Å². The highest BCUT2D eigenvalue weighted by Crippen LogP contribution is 2.15. The molecule has 0 aliphatic carbocycles. The quantitative estimate of drug-likeness (QED) is 0.369. The Hall–Kier alpha value is -3.62. The summed E-state index contributed by atoms with van der Waals surface area (Å²) in [6, 6.07) is 8.15. The Labute approximate surface area is 146 Å². The van der Waals surface area contributed by atoms with Crippen molar-refractivity contribution in [2.75, 3.05) is 11.9 Å². The molecule has 0 heterocycles. The van der Waals surface area contributed by atoms with Crippen molar-refractivity contribution in [3.8, 4) is 0 Å². The molecule has 0 fully saturated rings. The van der Waals surface area contributed by atoms with E-state index >= 15 is 0 Å². The fourth-order valence-electron chi connectivity index (χ4n) is 1.87. The van der Waals surface area contributed by atoms with E-state index in [2.05, 4.69) is 10.1 Å². The first kappa shape index (κ1) is 18.7. The molecule has 26 heavy (non-hydrogen) atoms. The largest absolute Gasteiger partial charge is 0.452 e. The normalized spacial score (nSPS) is 10.5. The summed E-state index contributed by atoms with van der Waals surface area (Å²) in [6.07, 6.45) is 2.28. The third-order valence-electron chi connectivity index (χ3n) is 3.04. The van der Waals surface area contributed by atoms with Gasteiger partial charge in [-0.25, -0.2) is 13.6 Å². The second kappa shape index (κ2) is 8.47. The van der Waals surface area contributed by atoms with Gasteiger partial charge in [0.15, 0.2) is 6.61 Å². The third-order valence-corrected chi connectivity index (χ3v) is 3.04. The molecule has 0 radical (unpaired) electrons. The number of hydrogen-bond donors (Lipinski definition) is 1. The third kappa shape index (κ3) is 5.48. The summed E-state index contributed by atoms with van der Waals surface area (Å²) in [5, 5.41) is 12.8. The fourth-order valence-corrected chi connectivity index (χ4v) is 1.87. The number of nitro groups is 1. The molecule has 0 atom stereocenters. The van der Waals surface area contributed by atoms with Gasteiger partial charge >= 0.3 is 5.97 Å². The highest BCUT2D eigenvalue weighted by atomic mass is 19.1. The summed E-state index contributed by atoms with van der Waals surface area (Å²) in [5.74, 6) is -3.44. The number of carbonyl (C=O) groups is 2. The minimum Gasteiger partial charge on any atom is -0.452 e. The van der Waals surface area contributed by atoms with Gasteiger partial charge in [-0.05, 0) is 23.8 Å². The van der Waals surface area contributed by atoms with Crippen molar-refractivity contribution in [2.24, 2.45) is 0 Å². The van der Waals surface area contributed by atoms with Gasteiger partial charge in [0, 0.05) is 24.3 Å². The lowest BCUT2D eigenvalue weighted by atomic mass is 10.2. The van der Waals surface area contributed by atoms with Gasteiger partial charge in [-0.15, -0.1) is 0 Å². The van der Waals surface area contributed by atoms with Crippen LogP contribution in [0.4, 0.5) is 20.2 Å². The molecule has 0 saturated heterocycles. The number of nitrogens with zero attached hydrogens (tertiary/aromatic N) is 1. The van der Waals surface area contributed by atoms with E-state index in [0.717, 1.165) is 18.2 Å². The second-order valence-corrected chi connectivity index (χ2v) is 4.97. The predicted molar refractivity (Wildman–Crippen MR) is 88.1 cm³/mol. The van der Waals surface area contributed by atoms with Gasteiger partial charge in [-0.3, -0.25) is 14.9 Å². The number of halogens is 2. The second-order valence-electron chi connectivity index (χ2n) is 4.97. The summed E-state index contributed by atoms with van der Waals surface area (Å²) in [5.41, 5.74) is 0.00907. The summed E-state index contributed by atoms with van der Waals surface area (Å²) in [7, 11) is 0. The van der Waals surface area contributed by atoms with Gasteiger partial charge in [0.2, 0.25) is 0 Å². The zero-order chi connectivity index (χ0) is 19.1. The van der Waals surface area contributed by atoms with E-state index in [1.165, 1.54) is 24.3 Å². The summed E-state index contributed by atoms with van der Waals surface area (Å²) >= 11 is 0. The van der Waals surface area contributed by atoms with Crippen molar-refractivity contribution < 1.29 is 28.0 Å². The SMILES string of the molecule is O=C(COC(=O)/C=C/c1cccc([N+](=O)[O-])c1)Nc1ccc(F)cc1F. The number of amides is 1. The molecule has 2 rings (SSSR count). The van der Waals surface area contributed by atoms with Crippen LogP contribution in [0.15, 0.2) is 48.5 Å². The first-order valence-corrected chi connectivity index (χ1v) is 7.19. The van der Waals surface area contributed by atoms with E-state index in [1.54, 1.807) is 6.07 Å². The minimum absolute atomic E-state index is 0.138. The van der Waals surface area contributed by atoms with Crippen molar-refractivity contribution in [3.05, 3.63) is 75.9 Å². The Balaban J connectivity index is 1.87. The number of hydrogen-bond acceptors (Lipinski definition) is 5. The molecule has 2 aromatic rings. The zero-order valence-corrected chi connectivity index (χ0v) is 13.1. The first-order chi connectivity index (χ1) is 12.3. The number of esters is 1. The van der Waals surface area contributed by atoms with Crippen LogP contribution < -0.4 is 5.32 Å². The van der Waals surface area contributed by atoms with Gasteiger partial charge in [0.05, 0.1) is 10.6 Å². The molecular formula is C17H12F2N2O5. The van der Waals surface area contributed by atoms with Crippen LogP contribution in [0.3, 0.4) is 0 Å². The van der Waals surface area contributed by atoms with Crippen LogP contribution in [0.2, 0.25) is 0 Å². The molecule has 1 amide bonds. The number of nitrogens with one attached hydrogen (secondary N) is 1. The van der Waals surface area contributed by atoms with E-state index in [0.29, 0.717) is 11.6 Å². The highest BCUT2D eigenvalue weighted by molar-refractivity contribution is 5.94. The zero-order valence-electron chi connectivity index (χ0n) is 13.1. The lowest BCUT2D eigenvalue weighted by Crippen LogP contribution is -2.20. The van der Waals surface area contributed by atoms with Crippen LogP contribution in [0, 0.1) is 21.7 Å². The molecular weight excluding hydrogens is 350 g/mol. The van der Waals surface area contributed by atoms with E-state index in [-0.39, 0.29) is 11.4 Å². The molecule has 7 nitrogen and oxygen atoms in total. The molecule has 0 aliphatic rings. The fraction of sp³-hybridized carbons (Fsp3) is 0.0588. The number of anilines is 1. The van der Waals surface area contributed by atoms with Gasteiger partial charge in [0.25, 0.3) is 11.6 Å². The van der Waals surface area contributed by atoms with Gasteiger partial charge in [-0.2, -0.15) is 0 Å². The molecule has 2 aromatic carbocycles. The minimum atomic E-state index is -0.963. The first-order valence-electron chi connectivity index (χ1n) is 7.19. The lowest BCUT2D eigenvalue weighted by molar-refractivity contribution is -0.384. The van der Waals surface area contributed by atoms with Gasteiger partial charge in [0.1, 0.15) is 11.6 Å². The van der Waals surface area contributed by atoms with Gasteiger partial charge < -0.3 is 10.1 Å². The Bertz CT molecular complexity index is 883. The van der Waals surface area contributed by atoms with E-state index in [4.69, 9.17) is 0 Å². The molecule has 134 valence electrons. The maximum absolute atomic E-state index is 13.4. The maximum Gasteiger partial charge on any atom is 0.331 e. The molecule has 0 aliphatic heterocycles. The van der Waals surface area contributed by atoms with Crippen LogP contribution in [0.25, 0.3) is 6.08 Å². The Morgan fingerprint density at radius 2 is 1.96 bits per heavy atom. The molecule has 0 bridgehead atoms. The van der Waals surface area contributed by atoms with Crippen LogP contribution in [-0.4, -0.2) is 23.4 Å². The number of rotatable bonds is 6. The average molecular weight is 362 g/mol. The average Bonchev–Trinajstić information content (AvgIpc) is 2.61. The summed E-state index contributed by atoms with van der Waals surface area (Å²) < 4.78 is 30.8. The predicted octanol–water partition coefficient (Wildman–Crippen LogP) is 3.07. The van der Waals surface area contributed by atoms with Crippen molar-refractivity contribution in [2.45, 2.75) is 0 Å². The van der Waals surface area contributed by atoms with Crippen molar-refractivity contribution in [3.63, 3.8) is 0 Å². The summed E-state index contributed by atoms with van der Waals surface area (Å²) in [6.45, 7) is -0.686. The number of nitro benzene ring substituents is 1. The number of non-ortho nitro benzene ring substituents is 1. The molecule has 0 aromatic heterocycles. The topological polar surface area (TPSA) is 98.5 Å². The van der Waals surface area contributed by atoms with Crippen molar-refractivity contribution in [1.82, 2.24) is 0 Å². The van der Waals surface area contributed by atoms with Crippen molar-refractivity contribution >= 4 is 29.3 Å². The Morgan fingerprint density at radius 3 is 2.65 bits per heavy atom. The van der Waals surface area contributed by atoms with Crippen molar-refractivity contribution in [1.29, 1.82) is 0 Å². The molecule has 9 heteroatoms. The Morgan fingerprint density at radius 1 is 1.19 bits per heavy atom. The van der Waals surface area contributed by atoms with Crippen LogP contribution >= 0.6 is 0 Å². The van der Waals surface area contributed by atoms with Crippen LogP contribution in [0.5, 0.6) is 0 Å². The lowest BCUT2D eigenvalue weighted by Gasteiger charge is -2.06. The highest BCUT2D eigenvalue weighted by Gasteiger charge is 2.10. The smallest absolute Gasteiger partial charge is 0.331 e. The standard InChI is InChI=1S/C17H12F2N2O5/c18-12-5-6-15(14(19)9-12)20-16(22)10-26-17(23)7-4-11-2-1-3-13(8-11)21(24)25/h1-9H,10H2,(H,20,22)/b7-4+. The summed E-state index contributed by atoms with van der Waals surface area (Å²) in [4.78, 5) is 33.2. The molecule has 0 spiro atoms. The van der Waals surface area contributed by atoms with Gasteiger partial charge in [-0.1, -0.05) is 12.1 Å². The molecule has 0 saturated carbocycles. The number of ether oxygens (including phenoxy) is 1. The maximum atomic E-state index is 13.4. The van der Waals surface area contributed by atoms with Crippen LogP contribution in [-0.2, 0) is 14.3 Å².